The molecule has 0 spiro atoms. The van der Waals surface area contributed by atoms with E-state index in [0.717, 1.165) is 12.1 Å². The van der Waals surface area contributed by atoms with E-state index >= 15 is 0 Å². The quantitative estimate of drug-likeness (QED) is 0.613. The van der Waals surface area contributed by atoms with Crippen LogP contribution in [0.5, 0.6) is 0 Å². The summed E-state index contributed by atoms with van der Waals surface area (Å²) in [6.07, 6.45) is 3.77. The van der Waals surface area contributed by atoms with Crippen molar-refractivity contribution in [2.75, 3.05) is 27.2 Å². The van der Waals surface area contributed by atoms with Gasteiger partial charge in [0.15, 0.2) is 0 Å². The molecule has 0 aliphatic heterocycles. The topological polar surface area (TPSA) is 6.48 Å². The molecule has 0 aromatic heterocycles. The van der Waals surface area contributed by atoms with Gasteiger partial charge in [0.2, 0.25) is 0 Å². The summed E-state index contributed by atoms with van der Waals surface area (Å²) in [6.45, 7) is 11.6. The molecular formula is C13H30N2. The van der Waals surface area contributed by atoms with Crippen LogP contribution in [0.25, 0.3) is 0 Å². The predicted molar refractivity (Wildman–Crippen MR) is 69.4 cm³/mol. The van der Waals surface area contributed by atoms with E-state index in [1.165, 1.54) is 32.4 Å². The SMILES string of the molecule is CCC(C)N(C)CCCN(C)C(C)CC. The van der Waals surface area contributed by atoms with Crippen LogP contribution in [-0.2, 0) is 0 Å². The minimum Gasteiger partial charge on any atom is -0.304 e. The molecule has 0 fully saturated rings. The van der Waals surface area contributed by atoms with Gasteiger partial charge >= 0.3 is 0 Å². The molecule has 0 radical (unpaired) electrons. The van der Waals surface area contributed by atoms with Gasteiger partial charge in [-0.3, -0.25) is 0 Å². The molecule has 0 aromatic carbocycles. The Bertz CT molecular complexity index is 131. The largest absolute Gasteiger partial charge is 0.304 e. The monoisotopic (exact) mass is 214 g/mol. The Morgan fingerprint density at radius 1 is 0.800 bits per heavy atom. The van der Waals surface area contributed by atoms with Crippen LogP contribution in [0.15, 0.2) is 0 Å². The van der Waals surface area contributed by atoms with Crippen LogP contribution in [0.1, 0.15) is 47.0 Å². The van der Waals surface area contributed by atoms with Crippen molar-refractivity contribution < 1.29 is 0 Å². The molecule has 0 aromatic rings. The van der Waals surface area contributed by atoms with Gasteiger partial charge in [-0.05, 0) is 60.3 Å². The van der Waals surface area contributed by atoms with E-state index < -0.39 is 0 Å². The van der Waals surface area contributed by atoms with Crippen molar-refractivity contribution in [1.29, 1.82) is 0 Å². The predicted octanol–water partition coefficient (Wildman–Crippen LogP) is 2.84. The van der Waals surface area contributed by atoms with Gasteiger partial charge in [-0.25, -0.2) is 0 Å². The molecule has 0 heterocycles. The van der Waals surface area contributed by atoms with E-state index in [1.54, 1.807) is 0 Å². The first kappa shape index (κ1) is 14.9. The average Bonchev–Trinajstić information content (AvgIpc) is 2.26. The lowest BCUT2D eigenvalue weighted by Crippen LogP contribution is -2.34. The van der Waals surface area contributed by atoms with Crippen molar-refractivity contribution in [3.63, 3.8) is 0 Å². The Morgan fingerprint density at radius 3 is 1.40 bits per heavy atom. The Hall–Kier alpha value is -0.0800. The van der Waals surface area contributed by atoms with Gasteiger partial charge in [-0.15, -0.1) is 0 Å². The summed E-state index contributed by atoms with van der Waals surface area (Å²) in [7, 11) is 4.47. The maximum atomic E-state index is 2.46. The van der Waals surface area contributed by atoms with E-state index in [0.29, 0.717) is 0 Å². The molecule has 0 bridgehead atoms. The summed E-state index contributed by atoms with van der Waals surface area (Å²) < 4.78 is 0. The average molecular weight is 214 g/mol. The summed E-state index contributed by atoms with van der Waals surface area (Å²) in [4.78, 5) is 4.93. The van der Waals surface area contributed by atoms with Gasteiger partial charge in [0.25, 0.3) is 0 Å². The van der Waals surface area contributed by atoms with Crippen molar-refractivity contribution in [1.82, 2.24) is 9.80 Å². The normalized spacial score (nSPS) is 16.0. The maximum Gasteiger partial charge on any atom is 0.00612 e. The zero-order valence-electron chi connectivity index (χ0n) is 11.6. The van der Waals surface area contributed by atoms with Crippen LogP contribution in [0, 0.1) is 0 Å². The molecule has 0 aliphatic carbocycles. The highest BCUT2D eigenvalue weighted by Gasteiger charge is 2.08. The smallest absolute Gasteiger partial charge is 0.00612 e. The van der Waals surface area contributed by atoms with Crippen molar-refractivity contribution in [3.05, 3.63) is 0 Å². The van der Waals surface area contributed by atoms with Crippen molar-refractivity contribution in [3.8, 4) is 0 Å². The third-order valence-electron chi connectivity index (χ3n) is 3.71. The highest BCUT2D eigenvalue weighted by molar-refractivity contribution is 4.64. The lowest BCUT2D eigenvalue weighted by atomic mass is 10.2. The van der Waals surface area contributed by atoms with E-state index in [4.69, 9.17) is 0 Å². The minimum atomic E-state index is 0.721. The zero-order chi connectivity index (χ0) is 11.8. The number of hydrogen-bond acceptors (Lipinski definition) is 2. The molecule has 0 saturated carbocycles. The molecule has 2 unspecified atom stereocenters. The fraction of sp³-hybridized carbons (Fsp3) is 1.00. The first-order valence-corrected chi connectivity index (χ1v) is 6.43. The van der Waals surface area contributed by atoms with Crippen molar-refractivity contribution in [2.45, 2.75) is 59.0 Å². The first-order chi connectivity index (χ1) is 7.02. The molecule has 2 nitrogen and oxygen atoms in total. The second-order valence-corrected chi connectivity index (χ2v) is 4.83. The van der Waals surface area contributed by atoms with E-state index in [9.17, 15) is 0 Å². The Morgan fingerprint density at radius 2 is 1.13 bits per heavy atom. The molecule has 2 atom stereocenters. The third-order valence-corrected chi connectivity index (χ3v) is 3.71. The molecule has 0 rings (SSSR count). The van der Waals surface area contributed by atoms with Crippen LogP contribution >= 0.6 is 0 Å². The zero-order valence-corrected chi connectivity index (χ0v) is 11.6. The summed E-state index contributed by atoms with van der Waals surface area (Å²) in [5, 5.41) is 0. The summed E-state index contributed by atoms with van der Waals surface area (Å²) >= 11 is 0. The highest BCUT2D eigenvalue weighted by Crippen LogP contribution is 2.04. The van der Waals surface area contributed by atoms with Gasteiger partial charge < -0.3 is 9.80 Å². The molecule has 0 amide bonds. The number of hydrogen-bond donors (Lipinski definition) is 0. The number of rotatable bonds is 8. The van der Waals surface area contributed by atoms with Crippen LogP contribution < -0.4 is 0 Å². The van der Waals surface area contributed by atoms with Crippen LogP contribution in [0.3, 0.4) is 0 Å². The molecule has 92 valence electrons. The molecule has 15 heavy (non-hydrogen) atoms. The second kappa shape index (κ2) is 8.12. The van der Waals surface area contributed by atoms with Crippen LogP contribution in [0.4, 0.5) is 0 Å². The molecular weight excluding hydrogens is 184 g/mol. The lowest BCUT2D eigenvalue weighted by molar-refractivity contribution is 0.207. The standard InChI is InChI=1S/C13H30N2/c1-7-12(3)14(5)10-9-11-15(6)13(4)8-2/h12-13H,7-11H2,1-6H3. The maximum absolute atomic E-state index is 2.46. The Kier molecular flexibility index (Phi) is 8.07. The van der Waals surface area contributed by atoms with E-state index in [1.807, 2.05) is 0 Å². The van der Waals surface area contributed by atoms with Gasteiger partial charge in [0.05, 0.1) is 0 Å². The van der Waals surface area contributed by atoms with E-state index in [-0.39, 0.29) is 0 Å². The van der Waals surface area contributed by atoms with Crippen LogP contribution in [-0.4, -0.2) is 49.1 Å². The van der Waals surface area contributed by atoms with Gasteiger partial charge in [-0.1, -0.05) is 13.8 Å². The molecule has 0 aliphatic rings. The van der Waals surface area contributed by atoms with E-state index in [2.05, 4.69) is 51.6 Å². The fourth-order valence-corrected chi connectivity index (χ4v) is 1.63. The minimum absolute atomic E-state index is 0.721. The Labute approximate surface area is 96.6 Å². The molecule has 0 saturated heterocycles. The van der Waals surface area contributed by atoms with Crippen LogP contribution in [0.2, 0.25) is 0 Å². The summed E-state index contributed by atoms with van der Waals surface area (Å²) in [5.74, 6) is 0. The summed E-state index contributed by atoms with van der Waals surface area (Å²) in [6, 6.07) is 1.44. The molecule has 0 N–H and O–H groups in total. The first-order valence-electron chi connectivity index (χ1n) is 6.43. The lowest BCUT2D eigenvalue weighted by Gasteiger charge is -2.27. The van der Waals surface area contributed by atoms with Gasteiger partial charge in [0.1, 0.15) is 0 Å². The second-order valence-electron chi connectivity index (χ2n) is 4.83. The van der Waals surface area contributed by atoms with Crippen molar-refractivity contribution in [2.24, 2.45) is 0 Å². The highest BCUT2D eigenvalue weighted by atomic mass is 15.1. The van der Waals surface area contributed by atoms with Gasteiger partial charge in [0, 0.05) is 12.1 Å². The van der Waals surface area contributed by atoms with Crippen molar-refractivity contribution >= 4 is 0 Å². The Balaban J connectivity index is 3.60. The van der Waals surface area contributed by atoms with Gasteiger partial charge in [-0.2, -0.15) is 0 Å². The molecule has 2 heteroatoms. The third kappa shape index (κ3) is 6.16. The number of nitrogens with zero attached hydrogens (tertiary/aromatic N) is 2. The fourth-order valence-electron chi connectivity index (χ4n) is 1.63. The summed E-state index contributed by atoms with van der Waals surface area (Å²) in [5.41, 5.74) is 0.